The topological polar surface area (TPSA) is 93.2 Å². The lowest BCUT2D eigenvalue weighted by atomic mass is 10.3. The molecule has 3 N–H and O–H groups in total. The van der Waals surface area contributed by atoms with Gasteiger partial charge in [0, 0.05) is 26.2 Å². The van der Waals surface area contributed by atoms with Crippen LogP contribution in [-0.2, 0) is 13.1 Å². The number of fused-ring (bicyclic) bond motifs is 1. The monoisotopic (exact) mass is 235 g/mol. The van der Waals surface area contributed by atoms with Crippen molar-refractivity contribution < 1.29 is 0 Å². The van der Waals surface area contributed by atoms with Crippen molar-refractivity contribution in [2.75, 3.05) is 7.05 Å². The average Bonchev–Trinajstić information content (AvgIpc) is 2.85. The summed E-state index contributed by atoms with van der Waals surface area (Å²) in [6.07, 6.45) is 0. The second-order valence-corrected chi connectivity index (χ2v) is 4.37. The summed E-state index contributed by atoms with van der Waals surface area (Å²) in [6.45, 7) is 5.66. The molecule has 0 unspecified atom stereocenters. The molecule has 0 aromatic carbocycles. The third kappa shape index (κ3) is 1.82. The zero-order valence-corrected chi connectivity index (χ0v) is 10.3. The molecular formula is C10H17N7. The van der Waals surface area contributed by atoms with Gasteiger partial charge < -0.3 is 9.88 Å². The van der Waals surface area contributed by atoms with Gasteiger partial charge in [-0.05, 0) is 13.8 Å². The van der Waals surface area contributed by atoms with Gasteiger partial charge in [-0.3, -0.25) is 5.41 Å². The summed E-state index contributed by atoms with van der Waals surface area (Å²) in [5, 5.41) is 15.7. The Hall–Kier alpha value is -1.76. The number of aromatic nitrogens is 2. The van der Waals surface area contributed by atoms with E-state index in [2.05, 4.69) is 29.4 Å². The summed E-state index contributed by atoms with van der Waals surface area (Å²) in [5.41, 5.74) is 9.08. The van der Waals surface area contributed by atoms with Gasteiger partial charge in [0.05, 0.1) is 11.4 Å². The molecule has 1 aliphatic heterocycles. The van der Waals surface area contributed by atoms with Gasteiger partial charge in [0.15, 0.2) is 11.7 Å². The van der Waals surface area contributed by atoms with Gasteiger partial charge in [0.2, 0.25) is 0 Å². The number of nitrogens with zero attached hydrogens (tertiary/aromatic N) is 4. The van der Waals surface area contributed by atoms with E-state index in [1.165, 1.54) is 5.01 Å². The van der Waals surface area contributed by atoms with E-state index in [1.807, 2.05) is 4.57 Å². The Bertz CT molecular complexity index is 459. The van der Waals surface area contributed by atoms with E-state index >= 15 is 0 Å². The summed E-state index contributed by atoms with van der Waals surface area (Å²) in [4.78, 5) is 4.47. The van der Waals surface area contributed by atoms with Crippen LogP contribution in [0.1, 0.15) is 37.1 Å². The molecule has 0 bridgehead atoms. The van der Waals surface area contributed by atoms with Crippen LogP contribution in [0.5, 0.6) is 0 Å². The summed E-state index contributed by atoms with van der Waals surface area (Å²) < 4.78 is 2.04. The van der Waals surface area contributed by atoms with Gasteiger partial charge in [-0.15, -0.1) is 0 Å². The van der Waals surface area contributed by atoms with Crippen molar-refractivity contribution in [2.45, 2.75) is 33.0 Å². The van der Waals surface area contributed by atoms with E-state index < -0.39 is 0 Å². The van der Waals surface area contributed by atoms with E-state index in [-0.39, 0.29) is 11.9 Å². The maximum absolute atomic E-state index is 7.99. The smallest absolute Gasteiger partial charge is 0.186 e. The minimum Gasteiger partial charge on any atom is -0.321 e. The molecule has 1 aromatic rings. The second kappa shape index (κ2) is 4.25. The summed E-state index contributed by atoms with van der Waals surface area (Å²) >= 11 is 0. The van der Waals surface area contributed by atoms with Crippen molar-refractivity contribution in [3.8, 4) is 0 Å². The fourth-order valence-corrected chi connectivity index (χ4v) is 2.06. The van der Waals surface area contributed by atoms with Gasteiger partial charge in [-0.25, -0.2) is 9.99 Å². The van der Waals surface area contributed by atoms with Crippen molar-refractivity contribution >= 4 is 5.84 Å². The van der Waals surface area contributed by atoms with E-state index in [9.17, 15) is 0 Å². The van der Waals surface area contributed by atoms with Gasteiger partial charge in [-0.2, -0.15) is 5.53 Å². The van der Waals surface area contributed by atoms with Crippen molar-refractivity contribution in [2.24, 2.45) is 5.22 Å². The third-order valence-corrected chi connectivity index (χ3v) is 2.88. The maximum Gasteiger partial charge on any atom is 0.186 e. The molecule has 0 amide bonds. The molecular weight excluding hydrogens is 218 g/mol. The van der Waals surface area contributed by atoms with Gasteiger partial charge in [-0.1, -0.05) is 5.22 Å². The summed E-state index contributed by atoms with van der Waals surface area (Å²) in [5.74, 6) is 0.744. The zero-order chi connectivity index (χ0) is 12.6. The quantitative estimate of drug-likeness (QED) is 0.319. The van der Waals surface area contributed by atoms with Gasteiger partial charge >= 0.3 is 0 Å². The molecule has 7 nitrogen and oxygen atoms in total. The zero-order valence-electron chi connectivity index (χ0n) is 10.3. The normalized spacial score (nSPS) is 13.9. The highest BCUT2D eigenvalue weighted by Crippen LogP contribution is 2.22. The van der Waals surface area contributed by atoms with Crippen molar-refractivity contribution in [3.63, 3.8) is 0 Å². The standard InChI is InChI=1S/C10H17N7/c1-6(2)17-8-5-13-4-7(8)14-10(17)9(11)16(3)15-12/h6,11-13H,4-5H2,1-3H3. The van der Waals surface area contributed by atoms with Crippen molar-refractivity contribution in [1.29, 1.82) is 10.9 Å². The number of imidazole rings is 1. The largest absolute Gasteiger partial charge is 0.321 e. The van der Waals surface area contributed by atoms with Crippen LogP contribution in [0.15, 0.2) is 5.22 Å². The molecule has 0 radical (unpaired) electrons. The molecule has 1 aromatic heterocycles. The van der Waals surface area contributed by atoms with Crippen LogP contribution in [0.25, 0.3) is 0 Å². The molecule has 1 aliphatic rings. The summed E-state index contributed by atoms with van der Waals surface area (Å²) in [7, 11) is 1.58. The highest BCUT2D eigenvalue weighted by molar-refractivity contribution is 5.93. The van der Waals surface area contributed by atoms with E-state index in [4.69, 9.17) is 10.9 Å². The van der Waals surface area contributed by atoms with Crippen LogP contribution in [0, 0.1) is 10.9 Å². The minimum absolute atomic E-state index is 0.156. The predicted molar refractivity (Wildman–Crippen MR) is 62.9 cm³/mol. The minimum atomic E-state index is 0.156. The lowest BCUT2D eigenvalue weighted by Crippen LogP contribution is -2.26. The van der Waals surface area contributed by atoms with Gasteiger partial charge in [0.25, 0.3) is 0 Å². The fourth-order valence-electron chi connectivity index (χ4n) is 2.06. The van der Waals surface area contributed by atoms with Gasteiger partial charge in [0.1, 0.15) is 0 Å². The molecule has 0 spiro atoms. The molecule has 7 heteroatoms. The molecule has 0 aliphatic carbocycles. The first kappa shape index (κ1) is 11.7. The lowest BCUT2D eigenvalue weighted by molar-refractivity contribution is 0.472. The van der Waals surface area contributed by atoms with Crippen LogP contribution in [0.4, 0.5) is 0 Å². The Morgan fingerprint density at radius 2 is 2.24 bits per heavy atom. The molecule has 0 fully saturated rings. The number of hydrogen-bond acceptors (Lipinski definition) is 5. The SMILES string of the molecule is CC(C)n1c(C(=N)N(C)N=N)nc2c1CNC2. The van der Waals surface area contributed by atoms with E-state index in [0.29, 0.717) is 5.82 Å². The molecule has 0 atom stereocenters. The van der Waals surface area contributed by atoms with Crippen LogP contribution in [0.2, 0.25) is 0 Å². The molecule has 2 rings (SSSR count). The first-order valence-electron chi connectivity index (χ1n) is 5.57. The van der Waals surface area contributed by atoms with E-state index in [0.717, 1.165) is 24.5 Å². The molecule has 0 saturated heterocycles. The van der Waals surface area contributed by atoms with Crippen LogP contribution < -0.4 is 5.32 Å². The Balaban J connectivity index is 2.47. The molecule has 0 saturated carbocycles. The first-order chi connectivity index (χ1) is 8.06. The Labute approximate surface area is 99.8 Å². The lowest BCUT2D eigenvalue weighted by Gasteiger charge is -2.17. The van der Waals surface area contributed by atoms with E-state index in [1.54, 1.807) is 7.05 Å². The average molecular weight is 235 g/mol. The molecule has 17 heavy (non-hydrogen) atoms. The molecule has 92 valence electrons. The third-order valence-electron chi connectivity index (χ3n) is 2.88. The van der Waals surface area contributed by atoms with Crippen LogP contribution in [0.3, 0.4) is 0 Å². The number of nitrogens with one attached hydrogen (secondary N) is 3. The maximum atomic E-state index is 7.99. The number of hydrogen-bond donors (Lipinski definition) is 3. The predicted octanol–water partition coefficient (Wildman–Crippen LogP) is 1.27. The van der Waals surface area contributed by atoms with Crippen LogP contribution >= 0.6 is 0 Å². The Morgan fingerprint density at radius 3 is 2.82 bits per heavy atom. The van der Waals surface area contributed by atoms with Crippen LogP contribution in [-0.4, -0.2) is 27.4 Å². The number of rotatable bonds is 3. The number of amidine groups is 1. The fraction of sp³-hybridized carbons (Fsp3) is 0.600. The highest BCUT2D eigenvalue weighted by atomic mass is 15.5. The van der Waals surface area contributed by atoms with Crippen molar-refractivity contribution in [3.05, 3.63) is 17.2 Å². The highest BCUT2D eigenvalue weighted by Gasteiger charge is 2.25. The Morgan fingerprint density at radius 1 is 1.53 bits per heavy atom. The first-order valence-corrected chi connectivity index (χ1v) is 5.57. The second-order valence-electron chi connectivity index (χ2n) is 4.37. The summed E-state index contributed by atoms with van der Waals surface area (Å²) in [6, 6.07) is 0.237. The Kier molecular flexibility index (Phi) is 2.93. The van der Waals surface area contributed by atoms with Crippen molar-refractivity contribution in [1.82, 2.24) is 19.9 Å². The molecule has 2 heterocycles.